The van der Waals surface area contributed by atoms with Crippen LogP contribution in [0.4, 0.5) is 0 Å². The Balaban J connectivity index is -0.0000000952. The van der Waals surface area contributed by atoms with E-state index in [9.17, 15) is 4.79 Å². The number of carbonyl (C=O) groups is 1. The van der Waals surface area contributed by atoms with Crippen LogP contribution in [0.5, 0.6) is 0 Å². The molecule has 0 unspecified atom stereocenters. The van der Waals surface area contributed by atoms with Crippen LogP contribution in [0.3, 0.4) is 0 Å². The highest BCUT2D eigenvalue weighted by molar-refractivity contribution is 7.99. The number of thioether (sulfide) groups is 1. The second-order valence-electron chi connectivity index (χ2n) is 11.8. The number of nitrogens with one attached hydrogen (secondary N) is 3. The third kappa shape index (κ3) is 81.7. The molecule has 0 saturated carbocycles. The second kappa shape index (κ2) is 86.5. The Morgan fingerprint density at radius 3 is 0.786 bits per heavy atom. The summed E-state index contributed by atoms with van der Waals surface area (Å²) < 4.78 is 15.2. The lowest BCUT2D eigenvalue weighted by atomic mass is 10.2. The standard InChI is InChI=1S/C6H13N.C6H12O.C5H11N.C5H10O.C4H7NO.C4H8O.C4H8S.7C2H6/c2*1-2-4-6-7-5-3-1;2*1-2-4-6-5-3-1;6-4-2-1-3-5-4;2*1-2-4-5-3-1;7*1-2/h7H,1-6H2;1-6H2;6H,1-5H2;1-5H2;1-3H2,(H,5,6);2*1-4H2;7*1-2H3. The Labute approximate surface area is 360 Å². The average molecular weight is 826 g/mol. The summed E-state index contributed by atoms with van der Waals surface area (Å²) in [6, 6.07) is 0. The molecule has 0 radical (unpaired) electrons. The number of carbonyl (C=O) groups excluding carboxylic acids is 1. The summed E-state index contributed by atoms with van der Waals surface area (Å²) in [5.74, 6) is 3.04. The zero-order valence-electron chi connectivity index (χ0n) is 41.4. The van der Waals surface area contributed by atoms with Crippen molar-refractivity contribution in [3.63, 3.8) is 0 Å². The Bertz CT molecular complexity index is 411. The van der Waals surface area contributed by atoms with E-state index in [1.807, 2.05) is 96.9 Å². The van der Waals surface area contributed by atoms with E-state index in [1.54, 1.807) is 0 Å². The predicted molar refractivity (Wildman–Crippen MR) is 260 cm³/mol. The average Bonchev–Trinajstić information content (AvgIpc) is 4.12. The van der Waals surface area contributed by atoms with Gasteiger partial charge >= 0.3 is 0 Å². The van der Waals surface area contributed by atoms with E-state index in [-0.39, 0.29) is 5.91 Å². The summed E-state index contributed by atoms with van der Waals surface area (Å²) in [5, 5.41) is 9.31. The molecule has 1 amide bonds. The van der Waals surface area contributed by atoms with Gasteiger partial charge in [-0.2, -0.15) is 11.8 Å². The van der Waals surface area contributed by atoms with Crippen molar-refractivity contribution < 1.29 is 19.0 Å². The third-order valence-corrected chi connectivity index (χ3v) is 8.78. The lowest BCUT2D eigenvalue weighted by Crippen LogP contribution is -2.21. The first kappa shape index (κ1) is 70.2. The molecule has 7 aliphatic heterocycles. The minimum Gasteiger partial charge on any atom is -0.381 e. The number of amides is 1. The molecule has 7 aliphatic rings. The van der Waals surface area contributed by atoms with E-state index in [0.717, 1.165) is 59.0 Å². The van der Waals surface area contributed by atoms with Crippen LogP contribution < -0.4 is 16.0 Å². The van der Waals surface area contributed by atoms with Crippen LogP contribution in [0.1, 0.15) is 225 Å². The van der Waals surface area contributed by atoms with Gasteiger partial charge in [0.1, 0.15) is 0 Å². The SMILES string of the molecule is C1CCCNCC1.C1CCCOCC1.C1CCNCC1.C1CCOC1.C1CCOCC1.C1CCSC1.CC.CC.CC.CC.CC.CC.CC.O=C1CCCN1. The molecule has 7 nitrogen and oxygen atoms in total. The first-order valence-electron chi connectivity index (χ1n) is 24.9. The lowest BCUT2D eigenvalue weighted by molar-refractivity contribution is -0.119. The molecule has 0 bridgehead atoms. The summed E-state index contributed by atoms with van der Waals surface area (Å²) in [6.45, 7) is 39.9. The molecule has 8 heteroatoms. The van der Waals surface area contributed by atoms with Crippen molar-refractivity contribution in [2.45, 2.75) is 225 Å². The molecule has 348 valence electrons. The second-order valence-corrected chi connectivity index (χ2v) is 13.0. The maximum absolute atomic E-state index is 10.1. The molecule has 0 aromatic heterocycles. The maximum atomic E-state index is 10.1. The molecular weight excluding hydrogens is 715 g/mol. The molecule has 0 aliphatic carbocycles. The highest BCUT2D eigenvalue weighted by Crippen LogP contribution is 2.14. The van der Waals surface area contributed by atoms with Crippen LogP contribution in [-0.4, -0.2) is 89.8 Å². The van der Waals surface area contributed by atoms with Crippen LogP contribution in [0.15, 0.2) is 0 Å². The zero-order chi connectivity index (χ0) is 43.9. The minimum absolute atomic E-state index is 0.204. The van der Waals surface area contributed by atoms with E-state index < -0.39 is 0 Å². The van der Waals surface area contributed by atoms with E-state index >= 15 is 0 Å². The number of hydrogen-bond donors (Lipinski definition) is 3. The molecule has 7 rings (SSSR count). The minimum atomic E-state index is 0.204. The van der Waals surface area contributed by atoms with Gasteiger partial charge in [-0.25, -0.2) is 0 Å². The van der Waals surface area contributed by atoms with Gasteiger partial charge in [-0.15, -0.1) is 0 Å². The smallest absolute Gasteiger partial charge is 0.220 e. The summed E-state index contributed by atoms with van der Waals surface area (Å²) >= 11 is 2.07. The van der Waals surface area contributed by atoms with Crippen molar-refractivity contribution in [1.29, 1.82) is 0 Å². The first-order valence-corrected chi connectivity index (χ1v) is 26.0. The molecular formula is C48H111N3O4S. The summed E-state index contributed by atoms with van der Waals surface area (Å²) in [6.07, 6.45) is 26.3. The summed E-state index contributed by atoms with van der Waals surface area (Å²) in [5.41, 5.74) is 0. The predicted octanol–water partition coefficient (Wildman–Crippen LogP) is 14.1. The van der Waals surface area contributed by atoms with E-state index in [0.29, 0.717) is 0 Å². The summed E-state index contributed by atoms with van der Waals surface area (Å²) in [7, 11) is 0. The van der Waals surface area contributed by atoms with Crippen molar-refractivity contribution in [3.8, 4) is 0 Å². The van der Waals surface area contributed by atoms with Crippen LogP contribution in [0.2, 0.25) is 0 Å². The highest BCUT2D eigenvalue weighted by Gasteiger charge is 2.05. The van der Waals surface area contributed by atoms with Crippen LogP contribution in [0.25, 0.3) is 0 Å². The van der Waals surface area contributed by atoms with Gasteiger partial charge in [-0.05, 0) is 128 Å². The van der Waals surface area contributed by atoms with E-state index in [1.165, 1.54) is 153 Å². The van der Waals surface area contributed by atoms with Crippen LogP contribution in [-0.2, 0) is 19.0 Å². The number of hydrogen-bond acceptors (Lipinski definition) is 7. The quantitative estimate of drug-likeness (QED) is 0.224. The molecule has 7 fully saturated rings. The first-order chi connectivity index (χ1) is 27.9. The van der Waals surface area contributed by atoms with E-state index in [2.05, 4.69) is 27.7 Å². The van der Waals surface area contributed by atoms with Gasteiger partial charge in [0.2, 0.25) is 5.91 Å². The Kier molecular flexibility index (Phi) is 108. The van der Waals surface area contributed by atoms with Crippen LogP contribution >= 0.6 is 11.8 Å². The molecule has 7 saturated heterocycles. The van der Waals surface area contributed by atoms with Gasteiger partial charge in [-0.3, -0.25) is 4.79 Å². The topological polar surface area (TPSA) is 80.8 Å². The fraction of sp³-hybridized carbons (Fsp3) is 0.979. The van der Waals surface area contributed by atoms with Gasteiger partial charge in [0.15, 0.2) is 0 Å². The van der Waals surface area contributed by atoms with Crippen molar-refractivity contribution in [3.05, 3.63) is 0 Å². The van der Waals surface area contributed by atoms with Crippen molar-refractivity contribution in [1.82, 2.24) is 16.0 Å². The van der Waals surface area contributed by atoms with Gasteiger partial charge in [-0.1, -0.05) is 129 Å². The molecule has 0 atom stereocenters. The molecule has 56 heavy (non-hydrogen) atoms. The Hall–Kier alpha value is -0.380. The summed E-state index contributed by atoms with van der Waals surface area (Å²) in [4.78, 5) is 10.1. The Morgan fingerprint density at radius 1 is 0.339 bits per heavy atom. The van der Waals surface area contributed by atoms with Gasteiger partial charge in [0.25, 0.3) is 0 Å². The number of ether oxygens (including phenoxy) is 3. The maximum Gasteiger partial charge on any atom is 0.220 e. The van der Waals surface area contributed by atoms with Gasteiger partial charge < -0.3 is 30.2 Å². The van der Waals surface area contributed by atoms with Gasteiger partial charge in [0, 0.05) is 52.6 Å². The van der Waals surface area contributed by atoms with Crippen molar-refractivity contribution in [2.75, 3.05) is 83.9 Å². The molecule has 0 aromatic rings. The fourth-order valence-corrected chi connectivity index (χ4v) is 5.94. The molecule has 0 spiro atoms. The zero-order valence-corrected chi connectivity index (χ0v) is 42.2. The normalized spacial score (nSPS) is 18.4. The van der Waals surface area contributed by atoms with E-state index in [4.69, 9.17) is 14.2 Å². The van der Waals surface area contributed by atoms with Crippen molar-refractivity contribution >= 4 is 17.7 Å². The molecule has 0 aromatic carbocycles. The number of piperidine rings is 1. The molecule has 7 heterocycles. The largest absolute Gasteiger partial charge is 0.381 e. The monoisotopic (exact) mass is 826 g/mol. The third-order valence-electron chi connectivity index (χ3n) is 7.63. The fourth-order valence-electron chi connectivity index (χ4n) is 4.92. The van der Waals surface area contributed by atoms with Crippen LogP contribution in [0, 0.1) is 0 Å². The molecule has 3 N–H and O–H groups in total. The highest BCUT2D eigenvalue weighted by atomic mass is 32.2. The lowest BCUT2D eigenvalue weighted by Gasteiger charge is -2.08. The van der Waals surface area contributed by atoms with Crippen molar-refractivity contribution in [2.24, 2.45) is 0 Å². The Morgan fingerprint density at radius 2 is 0.607 bits per heavy atom. The van der Waals surface area contributed by atoms with Gasteiger partial charge in [0.05, 0.1) is 0 Å². The number of rotatable bonds is 0.